The maximum absolute atomic E-state index is 10.2. The van der Waals surface area contributed by atoms with Crippen LogP contribution in [0.4, 0.5) is 22.7 Å². The van der Waals surface area contributed by atoms with Crippen molar-refractivity contribution in [1.29, 1.82) is 0 Å². The summed E-state index contributed by atoms with van der Waals surface area (Å²) in [5.41, 5.74) is 4.15. The zero-order chi connectivity index (χ0) is 32.7. The zero-order valence-electron chi connectivity index (χ0n) is 24.8. The lowest BCUT2D eigenvalue weighted by Gasteiger charge is -1.91. The van der Waals surface area contributed by atoms with Gasteiger partial charge in [-0.3, -0.25) is 0 Å². The normalized spacial score (nSPS) is 9.91. The fourth-order valence-electron chi connectivity index (χ4n) is 3.37. The average Bonchev–Trinajstić information content (AvgIpc) is 3.13. The summed E-state index contributed by atoms with van der Waals surface area (Å²) >= 11 is 0. The van der Waals surface area contributed by atoms with Gasteiger partial charge in [0.25, 0.3) is 0 Å². The van der Waals surface area contributed by atoms with Gasteiger partial charge in [-0.1, -0.05) is 109 Å². The van der Waals surface area contributed by atoms with Crippen molar-refractivity contribution in [3.8, 4) is 0 Å². The van der Waals surface area contributed by atoms with Crippen LogP contribution in [0.25, 0.3) is 0 Å². The van der Waals surface area contributed by atoms with Crippen molar-refractivity contribution >= 4 is 34.7 Å². The molecule has 8 heteroatoms. The third kappa shape index (κ3) is 14.1. The van der Waals surface area contributed by atoms with Crippen LogP contribution in [0, 0.1) is 0 Å². The van der Waals surface area contributed by atoms with Crippen LogP contribution < -0.4 is 0 Å². The fourth-order valence-corrected chi connectivity index (χ4v) is 3.37. The Morgan fingerprint density at radius 2 is 0.478 bits per heavy atom. The van der Waals surface area contributed by atoms with E-state index in [9.17, 15) is 9.59 Å². The van der Waals surface area contributed by atoms with Crippen molar-refractivity contribution in [1.82, 2.24) is 0 Å². The molecule has 6 rings (SSSR count). The van der Waals surface area contributed by atoms with Gasteiger partial charge in [0.15, 0.2) is 0 Å². The van der Waals surface area contributed by atoms with E-state index in [2.05, 4.69) is 20.5 Å². The van der Waals surface area contributed by atoms with Crippen molar-refractivity contribution in [2.45, 2.75) is 0 Å². The molecule has 0 heterocycles. The third-order valence-corrected chi connectivity index (χ3v) is 5.63. The van der Waals surface area contributed by atoms with Crippen LogP contribution in [0.5, 0.6) is 0 Å². The molecule has 0 unspecified atom stereocenters. The van der Waals surface area contributed by atoms with Crippen molar-refractivity contribution < 1.29 is 19.8 Å². The van der Waals surface area contributed by atoms with Crippen LogP contribution in [0.1, 0.15) is 20.7 Å². The molecule has 0 aliphatic carbocycles. The van der Waals surface area contributed by atoms with Gasteiger partial charge in [-0.25, -0.2) is 9.59 Å². The standard InChI is InChI=1S/2C12H10N2.2C7H6O2/c2*1-3-7-11(8-4-1)13-14-12-9-5-2-6-10-12;2*8-7(9)6-4-2-1-3-5-6/h2*1-10H;2*1-5H,(H,8,9). The number of nitrogens with zero attached hydrogens (tertiary/aromatic N) is 4. The van der Waals surface area contributed by atoms with E-state index in [1.165, 1.54) is 0 Å². The number of azo groups is 2. The largest absolute Gasteiger partial charge is 0.478 e. The number of hydrogen-bond acceptors (Lipinski definition) is 6. The highest BCUT2D eigenvalue weighted by molar-refractivity contribution is 5.87. The van der Waals surface area contributed by atoms with E-state index in [-0.39, 0.29) is 0 Å². The lowest BCUT2D eigenvalue weighted by atomic mass is 10.2. The van der Waals surface area contributed by atoms with Gasteiger partial charge >= 0.3 is 11.9 Å². The van der Waals surface area contributed by atoms with Crippen LogP contribution in [0.3, 0.4) is 0 Å². The minimum atomic E-state index is -0.879. The molecular weight excluding hydrogens is 576 g/mol. The molecule has 0 aromatic heterocycles. The lowest BCUT2D eigenvalue weighted by Crippen LogP contribution is -1.93. The Morgan fingerprint density at radius 1 is 0.304 bits per heavy atom. The Kier molecular flexibility index (Phi) is 15.0. The Bertz CT molecular complexity index is 1540. The first-order valence-electron chi connectivity index (χ1n) is 14.1. The number of carboxylic acid groups (broad SMARTS) is 2. The van der Waals surface area contributed by atoms with Gasteiger partial charge in [-0.15, -0.1) is 0 Å². The highest BCUT2D eigenvalue weighted by Crippen LogP contribution is 2.17. The van der Waals surface area contributed by atoms with Gasteiger partial charge < -0.3 is 10.2 Å². The SMILES string of the molecule is O=C(O)c1ccccc1.O=C(O)c1ccccc1.c1ccc(N=Nc2ccccc2)cc1.c1ccc(N=Nc2ccccc2)cc1. The number of benzene rings is 6. The van der Waals surface area contributed by atoms with E-state index in [1.807, 2.05) is 121 Å². The van der Waals surface area contributed by atoms with E-state index < -0.39 is 11.9 Å². The summed E-state index contributed by atoms with van der Waals surface area (Å²) < 4.78 is 0. The first-order chi connectivity index (χ1) is 22.5. The van der Waals surface area contributed by atoms with Crippen molar-refractivity contribution in [2.24, 2.45) is 20.5 Å². The van der Waals surface area contributed by atoms with Gasteiger partial charge in [0.05, 0.1) is 33.9 Å². The summed E-state index contributed by atoms with van der Waals surface area (Å²) in [6.07, 6.45) is 0. The smallest absolute Gasteiger partial charge is 0.335 e. The first kappa shape index (κ1) is 34.0. The molecule has 0 radical (unpaired) electrons. The second kappa shape index (κ2) is 20.4. The molecule has 8 nitrogen and oxygen atoms in total. The highest BCUT2D eigenvalue weighted by Gasteiger charge is 1.97. The molecule has 0 atom stereocenters. The molecular formula is C38H32N4O4. The number of carbonyl (C=O) groups is 2. The average molecular weight is 609 g/mol. The molecule has 0 aliphatic heterocycles. The van der Waals surface area contributed by atoms with Gasteiger partial charge in [-0.05, 0) is 72.8 Å². The molecule has 0 saturated heterocycles. The van der Waals surface area contributed by atoms with Gasteiger partial charge in [-0.2, -0.15) is 20.5 Å². The summed E-state index contributed by atoms with van der Waals surface area (Å²) in [5.74, 6) is -1.76. The monoisotopic (exact) mass is 608 g/mol. The molecule has 0 amide bonds. The number of carboxylic acids is 2. The minimum absolute atomic E-state index is 0.331. The molecule has 228 valence electrons. The van der Waals surface area contributed by atoms with Crippen LogP contribution in [-0.4, -0.2) is 22.2 Å². The molecule has 46 heavy (non-hydrogen) atoms. The Hall–Kier alpha value is -6.54. The maximum atomic E-state index is 10.2. The topological polar surface area (TPSA) is 124 Å². The minimum Gasteiger partial charge on any atom is -0.478 e. The number of rotatable bonds is 6. The van der Waals surface area contributed by atoms with E-state index in [0.29, 0.717) is 11.1 Å². The summed E-state index contributed by atoms with van der Waals surface area (Å²) in [6, 6.07) is 55.4. The van der Waals surface area contributed by atoms with Crippen LogP contribution >= 0.6 is 0 Å². The Morgan fingerprint density at radius 3 is 0.630 bits per heavy atom. The first-order valence-corrected chi connectivity index (χ1v) is 14.1. The van der Waals surface area contributed by atoms with Crippen LogP contribution in [0.15, 0.2) is 202 Å². The molecule has 2 N–H and O–H groups in total. The van der Waals surface area contributed by atoms with Gasteiger partial charge in [0.1, 0.15) is 0 Å². The van der Waals surface area contributed by atoms with Gasteiger partial charge in [0.2, 0.25) is 0 Å². The van der Waals surface area contributed by atoms with Crippen LogP contribution in [0.2, 0.25) is 0 Å². The van der Waals surface area contributed by atoms with Gasteiger partial charge in [0, 0.05) is 0 Å². The Balaban J connectivity index is 0.000000171. The summed E-state index contributed by atoms with van der Waals surface area (Å²) in [6.45, 7) is 0. The third-order valence-electron chi connectivity index (χ3n) is 5.63. The fraction of sp³-hybridized carbons (Fsp3) is 0. The van der Waals surface area contributed by atoms with E-state index >= 15 is 0 Å². The lowest BCUT2D eigenvalue weighted by molar-refractivity contribution is 0.0686. The summed E-state index contributed by atoms with van der Waals surface area (Å²) in [7, 11) is 0. The quantitative estimate of drug-likeness (QED) is 0.182. The van der Waals surface area contributed by atoms with E-state index in [0.717, 1.165) is 22.7 Å². The Labute approximate surface area is 267 Å². The number of aromatic carboxylic acids is 2. The second-order valence-electron chi connectivity index (χ2n) is 9.08. The molecule has 6 aromatic carbocycles. The predicted molar refractivity (Wildman–Crippen MR) is 181 cm³/mol. The molecule has 0 bridgehead atoms. The van der Waals surface area contributed by atoms with Crippen LogP contribution in [-0.2, 0) is 0 Å². The summed E-state index contributed by atoms with van der Waals surface area (Å²) in [4.78, 5) is 20.4. The molecule has 6 aromatic rings. The number of hydrogen-bond donors (Lipinski definition) is 2. The zero-order valence-corrected chi connectivity index (χ0v) is 24.8. The van der Waals surface area contributed by atoms with Crippen molar-refractivity contribution in [3.05, 3.63) is 193 Å². The maximum Gasteiger partial charge on any atom is 0.335 e. The molecule has 0 fully saturated rings. The van der Waals surface area contributed by atoms with E-state index in [1.54, 1.807) is 60.7 Å². The van der Waals surface area contributed by atoms with Crippen molar-refractivity contribution in [2.75, 3.05) is 0 Å². The highest BCUT2D eigenvalue weighted by atomic mass is 16.4. The molecule has 0 saturated carbocycles. The summed E-state index contributed by atoms with van der Waals surface area (Å²) in [5, 5.41) is 33.2. The van der Waals surface area contributed by atoms with Crippen molar-refractivity contribution in [3.63, 3.8) is 0 Å². The molecule has 0 spiro atoms. The second-order valence-corrected chi connectivity index (χ2v) is 9.08. The molecule has 0 aliphatic rings. The predicted octanol–water partition coefficient (Wildman–Crippen LogP) is 11.0. The van der Waals surface area contributed by atoms with E-state index in [4.69, 9.17) is 10.2 Å².